The molecule has 0 saturated carbocycles. The van der Waals surface area contributed by atoms with Gasteiger partial charge in [-0.1, -0.05) is 56.9 Å². The molecule has 2 nitrogen and oxygen atoms in total. The SMILES string of the molecule is CCCCC/C=C\C=C/CCCCCCC(=O)O. The van der Waals surface area contributed by atoms with Crippen LogP contribution in [0.25, 0.3) is 0 Å². The van der Waals surface area contributed by atoms with Gasteiger partial charge in [-0.25, -0.2) is 0 Å². The zero-order valence-electron chi connectivity index (χ0n) is 11.7. The zero-order chi connectivity index (χ0) is 13.5. The molecule has 0 atom stereocenters. The van der Waals surface area contributed by atoms with Gasteiger partial charge in [-0.15, -0.1) is 0 Å². The van der Waals surface area contributed by atoms with Crippen LogP contribution >= 0.6 is 0 Å². The summed E-state index contributed by atoms with van der Waals surface area (Å²) in [5, 5.41) is 8.47. The van der Waals surface area contributed by atoms with Gasteiger partial charge in [0.25, 0.3) is 0 Å². The van der Waals surface area contributed by atoms with Crippen LogP contribution in [0.15, 0.2) is 24.3 Å². The lowest BCUT2D eigenvalue weighted by molar-refractivity contribution is -0.137. The standard InChI is InChI=1S/C16H28O2/c1-2-3-4-5-6-7-8-9-10-11-12-13-14-15-16(17)18/h6-9H,2-5,10-15H2,1H3,(H,17,18)/b7-6-,9-8-. The van der Waals surface area contributed by atoms with Crippen molar-refractivity contribution >= 4 is 5.97 Å². The van der Waals surface area contributed by atoms with E-state index in [1.54, 1.807) is 0 Å². The Kier molecular flexibility index (Phi) is 13.2. The van der Waals surface area contributed by atoms with Crippen molar-refractivity contribution in [3.63, 3.8) is 0 Å². The topological polar surface area (TPSA) is 37.3 Å². The van der Waals surface area contributed by atoms with Gasteiger partial charge < -0.3 is 5.11 Å². The quantitative estimate of drug-likeness (QED) is 0.387. The van der Waals surface area contributed by atoms with Crippen LogP contribution in [0, 0.1) is 0 Å². The molecule has 0 aromatic heterocycles. The average Bonchev–Trinajstić information content (AvgIpc) is 2.34. The Morgan fingerprint density at radius 1 is 0.889 bits per heavy atom. The summed E-state index contributed by atoms with van der Waals surface area (Å²) in [5.74, 6) is -0.678. The van der Waals surface area contributed by atoms with Crippen LogP contribution in [0.2, 0.25) is 0 Å². The summed E-state index contributed by atoms with van der Waals surface area (Å²) in [7, 11) is 0. The summed E-state index contributed by atoms with van der Waals surface area (Å²) >= 11 is 0. The molecule has 0 amide bonds. The molecule has 0 heterocycles. The molecule has 0 aliphatic heterocycles. The summed E-state index contributed by atoms with van der Waals surface area (Å²) < 4.78 is 0. The molecule has 0 aliphatic carbocycles. The Labute approximate surface area is 112 Å². The maximum absolute atomic E-state index is 10.3. The Morgan fingerprint density at radius 2 is 1.44 bits per heavy atom. The molecule has 0 bridgehead atoms. The molecule has 0 aromatic rings. The number of unbranched alkanes of at least 4 members (excludes halogenated alkanes) is 7. The van der Waals surface area contributed by atoms with Crippen LogP contribution in [0.4, 0.5) is 0 Å². The van der Waals surface area contributed by atoms with Crippen molar-refractivity contribution in [1.82, 2.24) is 0 Å². The van der Waals surface area contributed by atoms with E-state index in [0.717, 1.165) is 25.7 Å². The van der Waals surface area contributed by atoms with E-state index in [2.05, 4.69) is 31.2 Å². The van der Waals surface area contributed by atoms with E-state index in [-0.39, 0.29) is 0 Å². The van der Waals surface area contributed by atoms with Gasteiger partial charge in [0.05, 0.1) is 0 Å². The highest BCUT2D eigenvalue weighted by atomic mass is 16.4. The van der Waals surface area contributed by atoms with E-state index in [4.69, 9.17) is 5.11 Å². The molecule has 18 heavy (non-hydrogen) atoms. The van der Waals surface area contributed by atoms with Crippen LogP contribution in [-0.4, -0.2) is 11.1 Å². The highest BCUT2D eigenvalue weighted by Gasteiger charge is 1.95. The summed E-state index contributed by atoms with van der Waals surface area (Å²) in [6.45, 7) is 2.22. The fourth-order valence-corrected chi connectivity index (χ4v) is 1.75. The summed E-state index contributed by atoms with van der Waals surface area (Å²) in [5.41, 5.74) is 0. The van der Waals surface area contributed by atoms with E-state index in [1.165, 1.54) is 32.1 Å². The van der Waals surface area contributed by atoms with Crippen LogP contribution in [-0.2, 0) is 4.79 Å². The number of hydrogen-bond acceptors (Lipinski definition) is 1. The lowest BCUT2D eigenvalue weighted by Gasteiger charge is -1.96. The van der Waals surface area contributed by atoms with Crippen LogP contribution in [0.5, 0.6) is 0 Å². The normalized spacial score (nSPS) is 11.6. The lowest BCUT2D eigenvalue weighted by atomic mass is 10.1. The average molecular weight is 252 g/mol. The third-order valence-corrected chi connectivity index (χ3v) is 2.87. The Morgan fingerprint density at radius 3 is 2.00 bits per heavy atom. The minimum atomic E-state index is -0.678. The largest absolute Gasteiger partial charge is 0.481 e. The monoisotopic (exact) mass is 252 g/mol. The van der Waals surface area contributed by atoms with Gasteiger partial charge in [0.15, 0.2) is 0 Å². The van der Waals surface area contributed by atoms with Crippen molar-refractivity contribution in [3.8, 4) is 0 Å². The molecule has 0 radical (unpaired) electrons. The van der Waals surface area contributed by atoms with Gasteiger partial charge in [-0.3, -0.25) is 4.79 Å². The number of hydrogen-bond donors (Lipinski definition) is 1. The first kappa shape index (κ1) is 16.9. The zero-order valence-corrected chi connectivity index (χ0v) is 11.7. The molecule has 0 spiro atoms. The van der Waals surface area contributed by atoms with Gasteiger partial charge in [-0.05, 0) is 32.1 Å². The fourth-order valence-electron chi connectivity index (χ4n) is 1.75. The number of carbonyl (C=O) groups is 1. The Bertz CT molecular complexity index is 241. The minimum absolute atomic E-state index is 0.316. The molecule has 1 N–H and O–H groups in total. The van der Waals surface area contributed by atoms with E-state index < -0.39 is 5.97 Å². The van der Waals surface area contributed by atoms with E-state index >= 15 is 0 Å². The van der Waals surface area contributed by atoms with E-state index in [9.17, 15) is 4.79 Å². The van der Waals surface area contributed by atoms with Crippen LogP contribution in [0.3, 0.4) is 0 Å². The number of carboxylic acid groups (broad SMARTS) is 1. The number of allylic oxidation sites excluding steroid dienone is 4. The first-order valence-corrected chi connectivity index (χ1v) is 7.30. The van der Waals surface area contributed by atoms with Crippen molar-refractivity contribution in [3.05, 3.63) is 24.3 Å². The molecule has 0 saturated heterocycles. The van der Waals surface area contributed by atoms with Gasteiger partial charge in [0.2, 0.25) is 0 Å². The van der Waals surface area contributed by atoms with Crippen molar-refractivity contribution < 1.29 is 9.90 Å². The second kappa shape index (κ2) is 14.0. The number of aliphatic carboxylic acids is 1. The lowest BCUT2D eigenvalue weighted by Crippen LogP contribution is -1.93. The fraction of sp³-hybridized carbons (Fsp3) is 0.688. The second-order valence-corrected chi connectivity index (χ2v) is 4.70. The van der Waals surface area contributed by atoms with E-state index in [0.29, 0.717) is 6.42 Å². The van der Waals surface area contributed by atoms with Gasteiger partial charge >= 0.3 is 5.97 Å². The first-order valence-electron chi connectivity index (χ1n) is 7.30. The molecular formula is C16H28O2. The third-order valence-electron chi connectivity index (χ3n) is 2.87. The molecule has 104 valence electrons. The third kappa shape index (κ3) is 14.9. The predicted octanol–water partition coefficient (Wildman–Crippen LogP) is 5.10. The van der Waals surface area contributed by atoms with E-state index in [1.807, 2.05) is 0 Å². The Balaban J connectivity index is 3.20. The maximum Gasteiger partial charge on any atom is 0.303 e. The number of carboxylic acids is 1. The Hall–Kier alpha value is -1.05. The van der Waals surface area contributed by atoms with Gasteiger partial charge in [0.1, 0.15) is 0 Å². The molecule has 0 aliphatic rings. The first-order chi connectivity index (χ1) is 8.77. The van der Waals surface area contributed by atoms with Crippen LogP contribution < -0.4 is 0 Å². The summed E-state index contributed by atoms with van der Waals surface area (Å²) in [6, 6.07) is 0. The molecule has 0 rings (SSSR count). The van der Waals surface area contributed by atoms with Crippen molar-refractivity contribution in [1.29, 1.82) is 0 Å². The van der Waals surface area contributed by atoms with Crippen molar-refractivity contribution in [2.45, 2.75) is 71.1 Å². The maximum atomic E-state index is 10.3. The summed E-state index contributed by atoms with van der Waals surface area (Å²) in [6.07, 6.45) is 19.4. The highest BCUT2D eigenvalue weighted by Crippen LogP contribution is 2.06. The van der Waals surface area contributed by atoms with Crippen molar-refractivity contribution in [2.24, 2.45) is 0 Å². The molecule has 2 heteroatoms. The van der Waals surface area contributed by atoms with Crippen molar-refractivity contribution in [2.75, 3.05) is 0 Å². The smallest absolute Gasteiger partial charge is 0.303 e. The van der Waals surface area contributed by atoms with Gasteiger partial charge in [-0.2, -0.15) is 0 Å². The van der Waals surface area contributed by atoms with Crippen LogP contribution in [0.1, 0.15) is 71.1 Å². The number of rotatable bonds is 12. The second-order valence-electron chi connectivity index (χ2n) is 4.70. The molecular weight excluding hydrogens is 224 g/mol. The predicted molar refractivity (Wildman–Crippen MR) is 77.8 cm³/mol. The molecule has 0 unspecified atom stereocenters. The van der Waals surface area contributed by atoms with Gasteiger partial charge in [0, 0.05) is 6.42 Å². The minimum Gasteiger partial charge on any atom is -0.481 e. The molecule has 0 fully saturated rings. The highest BCUT2D eigenvalue weighted by molar-refractivity contribution is 5.66. The summed E-state index contributed by atoms with van der Waals surface area (Å²) in [4.78, 5) is 10.3. The molecule has 0 aromatic carbocycles.